The Labute approximate surface area is 870 Å². The number of unbranched alkanes of at least 4 members (excludes halogenated alkanes) is 4. The van der Waals surface area contributed by atoms with Gasteiger partial charge < -0.3 is 25.9 Å². The molecule has 0 aliphatic carbocycles. The lowest BCUT2D eigenvalue weighted by Crippen LogP contribution is -2.44. The number of rotatable bonds is 52. The molecule has 139 heavy (non-hydrogen) atoms. The summed E-state index contributed by atoms with van der Waals surface area (Å²) in [6, 6.07) is 26.0. The summed E-state index contributed by atoms with van der Waals surface area (Å²) < 4.78 is 32.3. The van der Waals surface area contributed by atoms with Crippen molar-refractivity contribution in [3.8, 4) is 0 Å². The quantitative estimate of drug-likeness (QED) is 0.0161. The second-order valence-corrected chi connectivity index (χ2v) is 99.4. The monoisotopic (exact) mass is 2180 g/mol. The summed E-state index contributed by atoms with van der Waals surface area (Å²) in [6.45, 7) is 81.2. The van der Waals surface area contributed by atoms with Crippen LogP contribution >= 0.6 is 33.8 Å². The molecule has 0 spiro atoms. The third-order valence-electron chi connectivity index (χ3n) is 21.1. The Balaban J connectivity index is 0. The number of aromatic nitrogens is 10. The number of benzene rings is 1. The first kappa shape index (κ1) is 136. The highest BCUT2D eigenvalue weighted by molar-refractivity contribution is 7.22. The molecule has 0 radical (unpaired) electrons. The van der Waals surface area contributed by atoms with E-state index in [0.717, 1.165) is 130 Å². The van der Waals surface area contributed by atoms with Crippen LogP contribution in [0.4, 0.5) is 0 Å². The Morgan fingerprint density at radius 3 is 0.892 bits per heavy atom. The largest absolute Gasteiger partial charge is 0.455 e. The van der Waals surface area contributed by atoms with Gasteiger partial charge in [-0.3, -0.25) is 24.0 Å². The number of amides is 1. The molecule has 1 aromatic carbocycles. The van der Waals surface area contributed by atoms with Gasteiger partial charge in [-0.05, 0) is 265 Å². The van der Waals surface area contributed by atoms with Crippen molar-refractivity contribution in [2.75, 3.05) is 6.54 Å². The van der Waals surface area contributed by atoms with Crippen LogP contribution in [0.5, 0.6) is 0 Å². The van der Waals surface area contributed by atoms with Gasteiger partial charge in [-0.25, -0.2) is 49.8 Å². The van der Waals surface area contributed by atoms with Crippen molar-refractivity contribution in [1.29, 1.82) is 0 Å². The van der Waals surface area contributed by atoms with Gasteiger partial charge >= 0.3 is 0 Å². The molecule has 0 unspecified atom stereocenters. The number of hydrogen-bond donors (Lipinski definition) is 1. The van der Waals surface area contributed by atoms with Crippen molar-refractivity contribution < 1.29 is 44.5 Å². The molecule has 780 valence electrons. The molecule has 0 saturated carbocycles. The molecule has 0 aliphatic heterocycles. The van der Waals surface area contributed by atoms with E-state index in [9.17, 15) is 24.0 Å². The number of ketones is 4. The van der Waals surface area contributed by atoms with Gasteiger partial charge in [-0.1, -0.05) is 192 Å². The van der Waals surface area contributed by atoms with Gasteiger partial charge in [-0.2, -0.15) is 22.2 Å². The van der Waals surface area contributed by atoms with Gasteiger partial charge in [0.15, 0.2) is 115 Å². The van der Waals surface area contributed by atoms with Crippen molar-refractivity contribution in [1.82, 2.24) is 55.2 Å². The normalized spacial score (nSPS) is 12.5. The Bertz CT molecular complexity index is 4390. The maximum absolute atomic E-state index is 11.7. The summed E-state index contributed by atoms with van der Waals surface area (Å²) >= 11 is 17.5. The molecule has 5 aromatic heterocycles. The lowest BCUT2D eigenvalue weighted by atomic mass is 10.0. The maximum Gasteiger partial charge on any atom is 0.222 e. The molecule has 1 N–H and O–H groups in total. The SMILES string of the molecule is C=C[Si](C)(C)O[Si](C)(C)C=C.CC(C)C(=O)CCCC[Si](C)(C)O[Si](C)(C)/C=C/c1ncccn1.CC(C)C(=O)CCCC[Si](C)(C)O[Si](C)(C)CCCCC(=O)C(C)C.CC(C)C(=O)CCCC[Si](C)(C)O[Si](C)(C)CCc1ncccn1.CC(C)C(=O)NCCC[Si](C)(C)Cl.C[Si](C)(/C=C/c1ccccc1)O[Si](C)(C)/C=C/c1ncccn1.C[Si](C)(Cl)/C=C/c1ncccn1.Clc1ncccn1. The van der Waals surface area contributed by atoms with E-state index in [-0.39, 0.29) is 35.5 Å². The zero-order valence-electron chi connectivity index (χ0n) is 92.2. The summed E-state index contributed by atoms with van der Waals surface area (Å²) in [6.07, 6.45) is 38.3. The molecule has 1 amide bonds. The predicted molar refractivity (Wildman–Crippen MR) is 625 cm³/mol. The molecule has 0 aliphatic rings. The fourth-order valence-corrected chi connectivity index (χ4v) is 54.7. The van der Waals surface area contributed by atoms with Crippen molar-refractivity contribution in [3.63, 3.8) is 0 Å². The molecule has 0 atom stereocenters. The summed E-state index contributed by atoms with van der Waals surface area (Å²) in [5.74, 6) is 5.47. The number of nitrogens with zero attached hydrogens (tertiary/aromatic N) is 10. The third-order valence-corrected chi connectivity index (χ3v) is 58.8. The minimum Gasteiger partial charge on any atom is -0.455 e. The van der Waals surface area contributed by atoms with Gasteiger partial charge in [0.1, 0.15) is 29.0 Å². The first-order valence-corrected chi connectivity index (χ1v) is 89.1. The van der Waals surface area contributed by atoms with Crippen molar-refractivity contribution in [2.45, 2.75) is 353 Å². The van der Waals surface area contributed by atoms with Gasteiger partial charge in [0.2, 0.25) is 11.2 Å². The van der Waals surface area contributed by atoms with Gasteiger partial charge in [0.25, 0.3) is 0 Å². The number of Topliss-reactive ketones (excluding diaryl/α,β-unsaturated/α-hetero) is 4. The zero-order chi connectivity index (χ0) is 107. The van der Waals surface area contributed by atoms with Crippen LogP contribution < -0.4 is 5.32 Å². The van der Waals surface area contributed by atoms with Crippen molar-refractivity contribution in [3.05, 3.63) is 204 Å². The van der Waals surface area contributed by atoms with Crippen LogP contribution in [-0.4, -0.2) is 183 Å². The second kappa shape index (κ2) is 69.5. The lowest BCUT2D eigenvalue weighted by molar-refractivity contribution is -0.124. The summed E-state index contributed by atoms with van der Waals surface area (Å²) in [5.41, 5.74) is 13.7. The minimum atomic E-state index is -1.91. The average Bonchev–Trinajstić information content (AvgIpc) is 0.853. The standard InChI is InChI=1S/C20H42O3Si2.C18H34N2O2Si2.C18H32N2O2Si2.C18H24N2OSi2.C9H20ClNOSi.C8H11ClN2Si.C8H18OSi2.C4H3ClN2/c1-17(2)19(21)13-9-11-15-24(5,6)23-25(7,8)16-12-10-14-20(22)18(3)4;2*1-16(2)17(21)10-7-8-14-23(3,4)22-24(5,6)15-11-18-19-12-9-13-20-18;1-22(2,15-11-17-9-6-5-7-10-17)21-23(3,4)16-12-18-19-13-8-14-20-18;1-8(2)9(12)11-6-5-7-13(3,4)10;1-12(2,9)7-4-8-10-5-3-6-11-8;1-7-10(3,4)9-11(5,6)8-2;5-4-6-2-1-3-7-4/h17-18H,9-16H2,1-8H3;9,12-13,16H,7-8,10-11,14-15H2,1-6H3;9,11-13,15-16H,7-8,10,14H2,1-6H3;5-16H,1-4H3;8H,5-7H2,1-4H3,(H,11,12);3-7H,1-2H3;7-8H,1-2H2,3-6H3;1-3H/b;;15-11+;15-11+,16-12+;;7-4+;;. The highest BCUT2D eigenvalue weighted by atomic mass is 35.6. The fourth-order valence-electron chi connectivity index (χ4n) is 13.5. The smallest absolute Gasteiger partial charge is 0.222 e. The second-order valence-electron chi connectivity index (χ2n) is 43.6. The van der Waals surface area contributed by atoms with Crippen LogP contribution in [0, 0.1) is 29.6 Å². The Kier molecular flexibility index (Phi) is 67.8. The highest BCUT2D eigenvalue weighted by Gasteiger charge is 2.36. The lowest BCUT2D eigenvalue weighted by Gasteiger charge is -2.34. The molecule has 21 nitrogen and oxygen atoms in total. The Hall–Kier alpha value is -5.52. The number of halogens is 3. The van der Waals surface area contributed by atoms with E-state index in [2.05, 4.69) is 260 Å². The van der Waals surface area contributed by atoms with Gasteiger partial charge in [-0.15, -0.1) is 13.2 Å². The molecule has 6 rings (SSSR count). The highest BCUT2D eigenvalue weighted by Crippen LogP contribution is 2.30. The Morgan fingerprint density at radius 1 is 0.324 bits per heavy atom. The van der Waals surface area contributed by atoms with Gasteiger partial charge in [0, 0.05) is 130 Å². The van der Waals surface area contributed by atoms with E-state index in [0.29, 0.717) is 54.1 Å². The van der Waals surface area contributed by atoms with E-state index in [1.807, 2.05) is 142 Å². The van der Waals surface area contributed by atoms with Crippen LogP contribution in [0.3, 0.4) is 0 Å². The van der Waals surface area contributed by atoms with E-state index in [1.165, 1.54) is 5.56 Å². The molecule has 0 saturated heterocycles. The number of carbonyl (C=O) groups excluding carboxylic acids is 5. The number of nitrogens with one attached hydrogen (secondary N) is 1. The van der Waals surface area contributed by atoms with E-state index in [1.54, 1.807) is 74.1 Å². The predicted octanol–water partition coefficient (Wildman–Crippen LogP) is 29.7. The minimum absolute atomic E-state index is 0.0845. The number of hydrogen-bond acceptors (Lipinski definition) is 20. The molecular formula is C103H184Cl3N11O10Si12. The van der Waals surface area contributed by atoms with E-state index >= 15 is 0 Å². The van der Waals surface area contributed by atoms with E-state index < -0.39 is 97.9 Å². The zero-order valence-corrected chi connectivity index (χ0v) is 106. The topological polar surface area (TPSA) is 272 Å². The summed E-state index contributed by atoms with van der Waals surface area (Å²) in [7, 11) is -20.3. The number of aryl methyl sites for hydroxylation is 1. The maximum atomic E-state index is 11.7. The third kappa shape index (κ3) is 79.5. The molecule has 36 heteroatoms. The first-order valence-electron chi connectivity index (χ1n) is 49.9. The van der Waals surface area contributed by atoms with Crippen LogP contribution in [0.1, 0.15) is 182 Å². The molecule has 0 fully saturated rings. The van der Waals surface area contributed by atoms with Crippen molar-refractivity contribution >= 4 is 185 Å². The van der Waals surface area contributed by atoms with E-state index in [4.69, 9.17) is 54.3 Å². The Morgan fingerprint density at radius 2 is 0.604 bits per heavy atom. The van der Waals surface area contributed by atoms with Crippen LogP contribution in [0.2, 0.25) is 199 Å². The molecular weight excluding hydrogens is 1990 g/mol. The van der Waals surface area contributed by atoms with Crippen LogP contribution in [-0.2, 0) is 51.0 Å². The molecule has 5 heterocycles. The first-order chi connectivity index (χ1) is 64.1. The van der Waals surface area contributed by atoms with Gasteiger partial charge in [0.05, 0.1) is 0 Å². The van der Waals surface area contributed by atoms with Crippen molar-refractivity contribution in [2.24, 2.45) is 29.6 Å². The van der Waals surface area contributed by atoms with Crippen LogP contribution in [0.25, 0.3) is 24.3 Å². The summed E-state index contributed by atoms with van der Waals surface area (Å²) in [5, 5.41) is 3.17. The molecule has 0 bridgehead atoms. The summed E-state index contributed by atoms with van der Waals surface area (Å²) in [4.78, 5) is 98.7. The molecule has 6 aromatic rings. The average molecular weight is 2180 g/mol. The fraction of sp³-hybridized carbons (Fsp3) is 0.583. The van der Waals surface area contributed by atoms with Crippen LogP contribution in [0.15, 0.2) is 170 Å². The number of carbonyl (C=O) groups is 5.